The number of aromatic carboxylic acids is 1. The van der Waals surface area contributed by atoms with Crippen molar-refractivity contribution in [2.24, 2.45) is 0 Å². The van der Waals surface area contributed by atoms with Crippen molar-refractivity contribution in [1.82, 2.24) is 0 Å². The average Bonchev–Trinajstić information content (AvgIpc) is 2.40. The van der Waals surface area contributed by atoms with Crippen LogP contribution in [0.15, 0.2) is 47.4 Å². The minimum atomic E-state index is -2.52. The molecule has 0 amide bonds. The Labute approximate surface area is 124 Å². The van der Waals surface area contributed by atoms with Crippen molar-refractivity contribution in [3.63, 3.8) is 0 Å². The highest BCUT2D eigenvalue weighted by molar-refractivity contribution is 7.99. The summed E-state index contributed by atoms with van der Waals surface area (Å²) in [5.41, 5.74) is 6.78. The van der Waals surface area contributed by atoms with Gasteiger partial charge in [0, 0.05) is 16.3 Å². The van der Waals surface area contributed by atoms with Gasteiger partial charge in [-0.3, -0.25) is 0 Å². The molecule has 2 aromatic carbocycles. The minimum Gasteiger partial charge on any atom is -0.478 e. The van der Waals surface area contributed by atoms with E-state index >= 15 is 0 Å². The molecule has 4 nitrogen and oxygen atoms in total. The van der Waals surface area contributed by atoms with Gasteiger partial charge < -0.3 is 16.2 Å². The number of halogens is 2. The molecule has 4 N–H and O–H groups in total. The van der Waals surface area contributed by atoms with Crippen LogP contribution in [-0.2, 0) is 0 Å². The third-order valence-electron chi connectivity index (χ3n) is 2.66. The van der Waals surface area contributed by atoms with Crippen LogP contribution in [0.1, 0.15) is 10.4 Å². The van der Waals surface area contributed by atoms with Gasteiger partial charge in [-0.15, -0.1) is 0 Å². The van der Waals surface area contributed by atoms with Gasteiger partial charge in [0.2, 0.25) is 0 Å². The molecular weight excluding hydrogens is 298 g/mol. The van der Waals surface area contributed by atoms with Gasteiger partial charge >= 0.3 is 5.97 Å². The molecule has 110 valence electrons. The van der Waals surface area contributed by atoms with Crippen molar-refractivity contribution in [3.8, 4) is 0 Å². The Bertz CT molecular complexity index is 665. The van der Waals surface area contributed by atoms with E-state index in [-0.39, 0.29) is 11.3 Å². The van der Waals surface area contributed by atoms with E-state index < -0.39 is 11.7 Å². The lowest BCUT2D eigenvalue weighted by atomic mass is 10.1. The van der Waals surface area contributed by atoms with E-state index in [0.717, 1.165) is 0 Å². The SMILES string of the molecule is Nc1cc(Nc2ccccc2SC(F)F)ccc1C(=O)O. The summed E-state index contributed by atoms with van der Waals surface area (Å²) in [6.07, 6.45) is 0. The van der Waals surface area contributed by atoms with Gasteiger partial charge in [-0.2, -0.15) is 8.78 Å². The Hall–Kier alpha value is -2.28. The molecule has 0 aliphatic rings. The monoisotopic (exact) mass is 310 g/mol. The van der Waals surface area contributed by atoms with Gasteiger partial charge in [0.15, 0.2) is 0 Å². The van der Waals surface area contributed by atoms with Crippen LogP contribution in [0.3, 0.4) is 0 Å². The number of nitrogens with one attached hydrogen (secondary N) is 1. The van der Waals surface area contributed by atoms with Gasteiger partial charge in [0.05, 0.1) is 11.3 Å². The molecule has 2 rings (SSSR count). The molecule has 0 aromatic heterocycles. The predicted molar refractivity (Wildman–Crippen MR) is 79.4 cm³/mol. The Morgan fingerprint density at radius 3 is 2.57 bits per heavy atom. The summed E-state index contributed by atoms with van der Waals surface area (Å²) in [6, 6.07) is 11.0. The Morgan fingerprint density at radius 1 is 1.24 bits per heavy atom. The molecule has 21 heavy (non-hydrogen) atoms. The molecular formula is C14H12F2N2O2S. The fourth-order valence-electron chi connectivity index (χ4n) is 1.76. The standard InChI is InChI=1S/C14H12F2N2O2S/c15-14(16)21-12-4-2-1-3-11(12)18-8-5-6-9(13(19)20)10(17)7-8/h1-7,14,18H,17H2,(H,19,20). The van der Waals surface area contributed by atoms with Gasteiger partial charge in [0.1, 0.15) is 0 Å². The topological polar surface area (TPSA) is 75.3 Å². The number of hydrogen-bond donors (Lipinski definition) is 3. The maximum atomic E-state index is 12.5. The summed E-state index contributed by atoms with van der Waals surface area (Å²) in [5, 5.41) is 11.9. The van der Waals surface area contributed by atoms with Crippen LogP contribution in [0.25, 0.3) is 0 Å². The quantitative estimate of drug-likeness (QED) is 0.574. The van der Waals surface area contributed by atoms with Crippen LogP contribution in [-0.4, -0.2) is 16.8 Å². The van der Waals surface area contributed by atoms with Crippen LogP contribution in [0, 0.1) is 0 Å². The smallest absolute Gasteiger partial charge is 0.337 e. The number of carbonyl (C=O) groups is 1. The average molecular weight is 310 g/mol. The van der Waals surface area contributed by atoms with Crippen molar-refractivity contribution in [3.05, 3.63) is 48.0 Å². The maximum absolute atomic E-state index is 12.5. The zero-order valence-corrected chi connectivity index (χ0v) is 11.5. The molecule has 0 unspecified atom stereocenters. The normalized spacial score (nSPS) is 10.6. The van der Waals surface area contributed by atoms with Crippen LogP contribution in [0.2, 0.25) is 0 Å². The minimum absolute atomic E-state index is 0.00390. The third kappa shape index (κ3) is 3.85. The predicted octanol–water partition coefficient (Wildman–Crippen LogP) is 4.03. The number of nitrogen functional groups attached to an aromatic ring is 1. The number of anilines is 3. The summed E-state index contributed by atoms with van der Waals surface area (Å²) < 4.78 is 25.0. The number of hydrogen-bond acceptors (Lipinski definition) is 4. The molecule has 7 heteroatoms. The largest absolute Gasteiger partial charge is 0.478 e. The van der Waals surface area contributed by atoms with E-state index in [1.807, 2.05) is 0 Å². The number of alkyl halides is 2. The molecule has 0 fully saturated rings. The maximum Gasteiger partial charge on any atom is 0.337 e. The number of rotatable bonds is 5. The first-order valence-corrected chi connectivity index (χ1v) is 6.79. The summed E-state index contributed by atoms with van der Waals surface area (Å²) in [4.78, 5) is 11.3. The molecule has 0 aliphatic heterocycles. The number of nitrogens with two attached hydrogens (primary N) is 1. The number of thioether (sulfide) groups is 1. The molecule has 0 atom stereocenters. The first kappa shape index (κ1) is 15.1. The van der Waals surface area contributed by atoms with E-state index in [1.165, 1.54) is 18.2 Å². The fraction of sp³-hybridized carbons (Fsp3) is 0.0714. The van der Waals surface area contributed by atoms with Crippen LogP contribution in [0.4, 0.5) is 25.8 Å². The zero-order chi connectivity index (χ0) is 15.4. The summed E-state index contributed by atoms with van der Waals surface area (Å²) in [5.74, 6) is -3.64. The van der Waals surface area contributed by atoms with Crippen LogP contribution < -0.4 is 11.1 Å². The van der Waals surface area contributed by atoms with E-state index in [4.69, 9.17) is 10.8 Å². The second-order valence-corrected chi connectivity index (χ2v) is 5.14. The number of benzene rings is 2. The van der Waals surface area contributed by atoms with Crippen molar-refractivity contribution in [2.45, 2.75) is 10.7 Å². The highest BCUT2D eigenvalue weighted by Gasteiger charge is 2.11. The van der Waals surface area contributed by atoms with Gasteiger partial charge in [-0.25, -0.2) is 4.79 Å². The first-order valence-electron chi connectivity index (χ1n) is 5.91. The molecule has 0 aliphatic carbocycles. The first-order chi connectivity index (χ1) is 9.97. The third-order valence-corrected chi connectivity index (χ3v) is 3.45. The number of para-hydroxylation sites is 1. The summed E-state index contributed by atoms with van der Waals surface area (Å²) in [6.45, 7) is 0. The second kappa shape index (κ2) is 6.45. The van der Waals surface area contributed by atoms with E-state index in [0.29, 0.717) is 28.0 Å². The van der Waals surface area contributed by atoms with Crippen LogP contribution in [0.5, 0.6) is 0 Å². The summed E-state index contributed by atoms with van der Waals surface area (Å²) >= 11 is 0.435. The highest BCUT2D eigenvalue weighted by atomic mass is 32.2. The molecule has 0 spiro atoms. The summed E-state index contributed by atoms with van der Waals surface area (Å²) in [7, 11) is 0. The highest BCUT2D eigenvalue weighted by Crippen LogP contribution is 2.33. The number of carboxylic acids is 1. The molecule has 2 aromatic rings. The molecule has 0 saturated carbocycles. The molecule has 0 bridgehead atoms. The van der Waals surface area contributed by atoms with Gasteiger partial charge in [0.25, 0.3) is 5.76 Å². The van der Waals surface area contributed by atoms with Crippen molar-refractivity contribution in [2.75, 3.05) is 11.1 Å². The van der Waals surface area contributed by atoms with Gasteiger partial charge in [-0.05, 0) is 30.3 Å². The Balaban J connectivity index is 2.26. The van der Waals surface area contributed by atoms with E-state index in [2.05, 4.69) is 5.32 Å². The molecule has 0 saturated heterocycles. The lowest BCUT2D eigenvalue weighted by Crippen LogP contribution is -2.03. The molecule has 0 heterocycles. The van der Waals surface area contributed by atoms with E-state index in [9.17, 15) is 13.6 Å². The van der Waals surface area contributed by atoms with Crippen molar-refractivity contribution < 1.29 is 18.7 Å². The van der Waals surface area contributed by atoms with Crippen molar-refractivity contribution in [1.29, 1.82) is 0 Å². The van der Waals surface area contributed by atoms with Crippen molar-refractivity contribution >= 4 is 34.8 Å². The van der Waals surface area contributed by atoms with Gasteiger partial charge in [-0.1, -0.05) is 23.9 Å². The Morgan fingerprint density at radius 2 is 1.95 bits per heavy atom. The lowest BCUT2D eigenvalue weighted by Gasteiger charge is -2.12. The molecule has 0 radical (unpaired) electrons. The zero-order valence-electron chi connectivity index (χ0n) is 10.7. The second-order valence-electron chi connectivity index (χ2n) is 4.11. The van der Waals surface area contributed by atoms with Crippen LogP contribution >= 0.6 is 11.8 Å². The Kier molecular flexibility index (Phi) is 4.64. The fourth-order valence-corrected chi connectivity index (χ4v) is 2.35. The lowest BCUT2D eigenvalue weighted by molar-refractivity contribution is 0.0698. The number of carboxylic acid groups (broad SMARTS) is 1. The van der Waals surface area contributed by atoms with E-state index in [1.54, 1.807) is 24.3 Å².